The summed E-state index contributed by atoms with van der Waals surface area (Å²) in [7, 11) is 3.44. The average Bonchev–Trinajstić information content (AvgIpc) is 2.69. The molecule has 2 N–H and O–H groups in total. The summed E-state index contributed by atoms with van der Waals surface area (Å²) >= 11 is 5.67. The highest BCUT2D eigenvalue weighted by Crippen LogP contribution is 2.35. The number of carbonyl (C=O) groups excluding carboxylic acids is 1. The van der Waals surface area contributed by atoms with Gasteiger partial charge in [0.15, 0.2) is 0 Å². The van der Waals surface area contributed by atoms with Gasteiger partial charge in [-0.15, -0.1) is 0 Å². The first kappa shape index (κ1) is 22.1. The fraction of sp³-hybridized carbons (Fsp3) is 0.421. The lowest BCUT2D eigenvalue weighted by Gasteiger charge is -2.29. The van der Waals surface area contributed by atoms with Gasteiger partial charge in [0.1, 0.15) is 16.5 Å². The lowest BCUT2D eigenvalue weighted by molar-refractivity contribution is -0.137. The maximum Gasteiger partial charge on any atom is 0.420 e. The topological polar surface area (TPSA) is 79.4 Å². The predicted octanol–water partition coefficient (Wildman–Crippen LogP) is 3.73. The van der Waals surface area contributed by atoms with E-state index in [0.717, 1.165) is 25.9 Å². The molecule has 1 fully saturated rings. The number of methoxy groups -OCH3 is 1. The number of halogens is 4. The van der Waals surface area contributed by atoms with Gasteiger partial charge >= 0.3 is 6.18 Å². The van der Waals surface area contributed by atoms with Crippen molar-refractivity contribution in [3.63, 3.8) is 0 Å². The molecule has 1 aromatic heterocycles. The molecule has 1 amide bonds. The lowest BCUT2D eigenvalue weighted by Crippen LogP contribution is -2.43. The van der Waals surface area contributed by atoms with E-state index in [4.69, 9.17) is 16.3 Å². The number of ether oxygens (including phenoxy) is 1. The summed E-state index contributed by atoms with van der Waals surface area (Å²) in [6, 6.07) is 4.87. The number of hydrogen-bond donors (Lipinski definition) is 2. The molecule has 7 nitrogen and oxygen atoms in total. The summed E-state index contributed by atoms with van der Waals surface area (Å²) in [5.74, 6) is -0.208. The van der Waals surface area contributed by atoms with Crippen LogP contribution in [0, 0.1) is 0 Å². The molecule has 0 aliphatic carbocycles. The Morgan fingerprint density at radius 2 is 2.00 bits per heavy atom. The molecule has 1 aliphatic rings. The van der Waals surface area contributed by atoms with Crippen LogP contribution in [0.15, 0.2) is 24.4 Å². The fourth-order valence-electron chi connectivity index (χ4n) is 3.16. The number of carbonyl (C=O) groups is 1. The number of alkyl halides is 3. The molecule has 0 spiro atoms. The van der Waals surface area contributed by atoms with Crippen LogP contribution in [0.5, 0.6) is 5.75 Å². The predicted molar refractivity (Wildman–Crippen MR) is 106 cm³/mol. The second-order valence-corrected chi connectivity index (χ2v) is 7.31. The molecule has 0 bridgehead atoms. The van der Waals surface area contributed by atoms with Gasteiger partial charge in [0, 0.05) is 12.2 Å². The van der Waals surface area contributed by atoms with Crippen LogP contribution in [0.2, 0.25) is 5.15 Å². The van der Waals surface area contributed by atoms with Gasteiger partial charge in [-0.05, 0) is 45.1 Å². The van der Waals surface area contributed by atoms with E-state index in [0.29, 0.717) is 11.9 Å². The van der Waals surface area contributed by atoms with Crippen LogP contribution in [-0.4, -0.2) is 54.1 Å². The molecular formula is C19H21ClF3N5O2. The van der Waals surface area contributed by atoms with Crippen LogP contribution < -0.4 is 15.4 Å². The van der Waals surface area contributed by atoms with E-state index in [1.54, 1.807) is 18.2 Å². The van der Waals surface area contributed by atoms with Crippen LogP contribution in [-0.2, 0) is 6.18 Å². The van der Waals surface area contributed by atoms with E-state index in [1.165, 1.54) is 7.11 Å². The van der Waals surface area contributed by atoms with Crippen LogP contribution in [0.1, 0.15) is 28.8 Å². The molecule has 0 unspecified atom stereocenters. The summed E-state index contributed by atoms with van der Waals surface area (Å²) in [5.41, 5.74) is -0.649. The molecule has 3 rings (SSSR count). The number of hydrogen-bond acceptors (Lipinski definition) is 6. The van der Waals surface area contributed by atoms with E-state index in [2.05, 4.69) is 25.5 Å². The minimum Gasteiger partial charge on any atom is -0.495 e. The van der Waals surface area contributed by atoms with Gasteiger partial charge < -0.3 is 20.3 Å². The van der Waals surface area contributed by atoms with Crippen molar-refractivity contribution in [1.82, 2.24) is 20.2 Å². The molecule has 1 aliphatic heterocycles. The number of anilines is 2. The Balaban J connectivity index is 1.85. The molecule has 2 heterocycles. The number of para-hydroxylation sites is 1. The van der Waals surface area contributed by atoms with E-state index < -0.39 is 16.9 Å². The van der Waals surface area contributed by atoms with Crippen molar-refractivity contribution in [2.24, 2.45) is 0 Å². The number of likely N-dealkylation sites (tertiary alicyclic amines) is 1. The molecule has 2 aromatic rings. The molecule has 162 valence electrons. The monoisotopic (exact) mass is 443 g/mol. The Morgan fingerprint density at radius 1 is 1.30 bits per heavy atom. The second-order valence-electron chi connectivity index (χ2n) is 6.95. The number of amides is 1. The van der Waals surface area contributed by atoms with Gasteiger partial charge in [0.25, 0.3) is 5.91 Å². The highest BCUT2D eigenvalue weighted by atomic mass is 35.5. The Kier molecular flexibility index (Phi) is 6.67. The number of aromatic nitrogens is 2. The SMILES string of the molecule is COc1cccc(C(=O)NC2CCN(C)CC2)c1Nc1ncc(C(F)(F)F)c(Cl)n1. The number of benzene rings is 1. The molecule has 0 radical (unpaired) electrons. The Hall–Kier alpha value is -2.59. The lowest BCUT2D eigenvalue weighted by atomic mass is 10.0. The van der Waals surface area contributed by atoms with Crippen molar-refractivity contribution in [1.29, 1.82) is 0 Å². The van der Waals surface area contributed by atoms with Crippen molar-refractivity contribution in [2.45, 2.75) is 25.1 Å². The van der Waals surface area contributed by atoms with Crippen LogP contribution >= 0.6 is 11.6 Å². The summed E-state index contributed by atoms with van der Waals surface area (Å²) in [6.07, 6.45) is -2.43. The molecule has 1 saturated heterocycles. The minimum absolute atomic E-state index is 0.0320. The molecule has 0 saturated carbocycles. The Labute approximate surface area is 176 Å². The van der Waals surface area contributed by atoms with Gasteiger partial charge in [-0.25, -0.2) is 9.97 Å². The van der Waals surface area contributed by atoms with E-state index in [1.807, 2.05) is 7.05 Å². The van der Waals surface area contributed by atoms with Crippen LogP contribution in [0.3, 0.4) is 0 Å². The quantitative estimate of drug-likeness (QED) is 0.686. The summed E-state index contributed by atoms with van der Waals surface area (Å²) in [6.45, 7) is 1.76. The zero-order valence-corrected chi connectivity index (χ0v) is 17.1. The number of nitrogens with zero attached hydrogens (tertiary/aromatic N) is 3. The van der Waals surface area contributed by atoms with Gasteiger partial charge in [-0.1, -0.05) is 17.7 Å². The first-order chi connectivity index (χ1) is 14.2. The van der Waals surface area contributed by atoms with Crippen molar-refractivity contribution < 1.29 is 22.7 Å². The third-order valence-corrected chi connectivity index (χ3v) is 5.12. The van der Waals surface area contributed by atoms with E-state index >= 15 is 0 Å². The van der Waals surface area contributed by atoms with Crippen molar-refractivity contribution >= 4 is 29.1 Å². The second kappa shape index (κ2) is 9.05. The van der Waals surface area contributed by atoms with Crippen LogP contribution in [0.25, 0.3) is 0 Å². The Bertz CT molecular complexity index is 918. The van der Waals surface area contributed by atoms with Crippen molar-refractivity contribution in [3.8, 4) is 5.75 Å². The smallest absolute Gasteiger partial charge is 0.420 e. The van der Waals surface area contributed by atoms with Crippen molar-refractivity contribution in [2.75, 3.05) is 32.6 Å². The third-order valence-electron chi connectivity index (χ3n) is 4.83. The zero-order chi connectivity index (χ0) is 21.9. The molecule has 30 heavy (non-hydrogen) atoms. The molecule has 0 atom stereocenters. The van der Waals surface area contributed by atoms with Gasteiger partial charge in [-0.3, -0.25) is 4.79 Å². The Morgan fingerprint density at radius 3 is 2.60 bits per heavy atom. The highest BCUT2D eigenvalue weighted by molar-refractivity contribution is 6.30. The van der Waals surface area contributed by atoms with Crippen molar-refractivity contribution in [3.05, 3.63) is 40.7 Å². The first-order valence-electron chi connectivity index (χ1n) is 9.22. The number of rotatable bonds is 5. The van der Waals surface area contributed by atoms with Crippen LogP contribution in [0.4, 0.5) is 24.8 Å². The third kappa shape index (κ3) is 5.11. The van der Waals surface area contributed by atoms with E-state index in [9.17, 15) is 18.0 Å². The summed E-state index contributed by atoms with van der Waals surface area (Å²) < 4.78 is 43.9. The summed E-state index contributed by atoms with van der Waals surface area (Å²) in [5, 5.41) is 5.02. The molecule has 11 heteroatoms. The normalized spacial score (nSPS) is 15.7. The number of piperidine rings is 1. The minimum atomic E-state index is -4.67. The fourth-order valence-corrected chi connectivity index (χ4v) is 3.39. The van der Waals surface area contributed by atoms with E-state index in [-0.39, 0.29) is 29.1 Å². The molecular weight excluding hydrogens is 423 g/mol. The maximum atomic E-state index is 12.9. The largest absolute Gasteiger partial charge is 0.495 e. The maximum absolute atomic E-state index is 12.9. The van der Waals surface area contributed by atoms with Gasteiger partial charge in [-0.2, -0.15) is 13.2 Å². The van der Waals surface area contributed by atoms with Gasteiger partial charge in [0.2, 0.25) is 5.95 Å². The number of nitrogens with one attached hydrogen (secondary N) is 2. The average molecular weight is 444 g/mol. The zero-order valence-electron chi connectivity index (χ0n) is 16.4. The standard InChI is InChI=1S/C19H21ClF3N5O2/c1-28-8-6-11(7-9-28)25-17(29)12-4-3-5-14(30-2)15(12)26-18-24-10-13(16(20)27-18)19(21,22)23/h3-5,10-11H,6-9H2,1-2H3,(H,25,29)(H,24,26,27). The molecule has 1 aromatic carbocycles. The highest BCUT2D eigenvalue weighted by Gasteiger charge is 2.34. The van der Waals surface area contributed by atoms with Gasteiger partial charge in [0.05, 0.1) is 18.4 Å². The summed E-state index contributed by atoms with van der Waals surface area (Å²) in [4.78, 5) is 22.4. The first-order valence-corrected chi connectivity index (χ1v) is 9.60.